The molecule has 1 heterocycles. The van der Waals surface area contributed by atoms with Crippen LogP contribution >= 0.6 is 0 Å². The predicted octanol–water partition coefficient (Wildman–Crippen LogP) is 2.06. The van der Waals surface area contributed by atoms with Crippen molar-refractivity contribution in [3.63, 3.8) is 0 Å². The highest BCUT2D eigenvalue weighted by Gasteiger charge is 2.25. The Kier molecular flexibility index (Phi) is 8.08. The van der Waals surface area contributed by atoms with E-state index in [4.69, 9.17) is 9.47 Å². The van der Waals surface area contributed by atoms with Gasteiger partial charge in [0, 0.05) is 44.5 Å². The summed E-state index contributed by atoms with van der Waals surface area (Å²) in [5.74, 6) is -0.382. The van der Waals surface area contributed by atoms with Crippen LogP contribution in [0.3, 0.4) is 0 Å². The molecule has 0 bridgehead atoms. The first kappa shape index (κ1) is 23.6. The fraction of sp³-hybridized carbons (Fsp3) is 0.417. The molecule has 172 valence electrons. The molecule has 0 spiro atoms. The van der Waals surface area contributed by atoms with Crippen molar-refractivity contribution in [2.75, 3.05) is 59.3 Å². The van der Waals surface area contributed by atoms with Gasteiger partial charge in [0.15, 0.2) is 11.5 Å². The van der Waals surface area contributed by atoms with Crippen LogP contribution in [0.1, 0.15) is 17.2 Å². The predicted molar refractivity (Wildman–Crippen MR) is 124 cm³/mol. The molecule has 1 atom stereocenters. The Morgan fingerprint density at radius 3 is 2.22 bits per heavy atom. The third kappa shape index (κ3) is 5.99. The molecule has 0 unspecified atom stereocenters. The van der Waals surface area contributed by atoms with Crippen LogP contribution in [0, 0.1) is 6.92 Å². The number of amides is 2. The maximum absolute atomic E-state index is 12.5. The number of aryl methyl sites for hydroxylation is 1. The summed E-state index contributed by atoms with van der Waals surface area (Å²) in [4.78, 5) is 29.7. The number of ether oxygens (including phenoxy) is 2. The van der Waals surface area contributed by atoms with Crippen LogP contribution < -0.4 is 20.1 Å². The van der Waals surface area contributed by atoms with Gasteiger partial charge in [0.05, 0.1) is 20.3 Å². The van der Waals surface area contributed by atoms with E-state index in [0.29, 0.717) is 23.7 Å². The molecule has 3 rings (SSSR count). The summed E-state index contributed by atoms with van der Waals surface area (Å²) in [5.41, 5.74) is 2.77. The lowest BCUT2D eigenvalue weighted by Crippen LogP contribution is -2.49. The van der Waals surface area contributed by atoms with Gasteiger partial charge in [0.1, 0.15) is 0 Å². The van der Waals surface area contributed by atoms with E-state index in [1.807, 2.05) is 0 Å². The molecule has 1 aliphatic rings. The van der Waals surface area contributed by atoms with Crippen molar-refractivity contribution in [2.24, 2.45) is 0 Å². The van der Waals surface area contributed by atoms with Gasteiger partial charge in [0.25, 0.3) is 0 Å². The van der Waals surface area contributed by atoms with E-state index in [1.54, 1.807) is 18.2 Å². The monoisotopic (exact) mass is 440 g/mol. The lowest BCUT2D eigenvalue weighted by molar-refractivity contribution is -0.136. The average Bonchev–Trinajstić information content (AvgIpc) is 2.81. The molecular formula is C24H32N4O4. The van der Waals surface area contributed by atoms with Crippen molar-refractivity contribution in [3.05, 3.63) is 53.6 Å². The molecule has 1 saturated heterocycles. The van der Waals surface area contributed by atoms with Crippen LogP contribution in [0.5, 0.6) is 11.5 Å². The summed E-state index contributed by atoms with van der Waals surface area (Å²) in [6.07, 6.45) is 0. The highest BCUT2D eigenvalue weighted by molar-refractivity contribution is 6.39. The normalized spacial score (nSPS) is 15.6. The van der Waals surface area contributed by atoms with Crippen LogP contribution in [0.25, 0.3) is 0 Å². The van der Waals surface area contributed by atoms with Gasteiger partial charge >= 0.3 is 11.8 Å². The number of carbonyl (C=O) groups excluding carboxylic acids is 2. The summed E-state index contributed by atoms with van der Waals surface area (Å²) in [6, 6.07) is 13.3. The highest BCUT2D eigenvalue weighted by Crippen LogP contribution is 2.29. The molecular weight excluding hydrogens is 408 g/mol. The second-order valence-corrected chi connectivity index (χ2v) is 8.00. The zero-order chi connectivity index (χ0) is 23.1. The molecule has 2 amide bonds. The van der Waals surface area contributed by atoms with Crippen LogP contribution in [-0.2, 0) is 9.59 Å². The largest absolute Gasteiger partial charge is 0.493 e. The smallest absolute Gasteiger partial charge is 0.313 e. The van der Waals surface area contributed by atoms with Crippen molar-refractivity contribution in [3.8, 4) is 11.5 Å². The van der Waals surface area contributed by atoms with E-state index in [0.717, 1.165) is 31.7 Å². The van der Waals surface area contributed by atoms with Gasteiger partial charge in [-0.05, 0) is 31.7 Å². The van der Waals surface area contributed by atoms with Crippen LogP contribution in [0.2, 0.25) is 0 Å². The number of hydrogen-bond donors (Lipinski definition) is 2. The van der Waals surface area contributed by atoms with Crippen molar-refractivity contribution < 1.29 is 19.1 Å². The minimum absolute atomic E-state index is 0.00197. The molecule has 2 aromatic carbocycles. The fourth-order valence-corrected chi connectivity index (χ4v) is 3.75. The number of nitrogens with one attached hydrogen (secondary N) is 2. The Morgan fingerprint density at radius 2 is 1.59 bits per heavy atom. The maximum Gasteiger partial charge on any atom is 0.313 e. The number of hydrogen-bond acceptors (Lipinski definition) is 6. The Morgan fingerprint density at radius 1 is 0.938 bits per heavy atom. The summed E-state index contributed by atoms with van der Waals surface area (Å²) in [6.45, 7) is 6.15. The van der Waals surface area contributed by atoms with E-state index in [9.17, 15) is 9.59 Å². The molecule has 32 heavy (non-hydrogen) atoms. The Hall–Kier alpha value is -3.10. The molecule has 0 radical (unpaired) electrons. The fourth-order valence-electron chi connectivity index (χ4n) is 3.75. The second-order valence-electron chi connectivity index (χ2n) is 8.00. The van der Waals surface area contributed by atoms with Crippen molar-refractivity contribution in [1.29, 1.82) is 0 Å². The Balaban J connectivity index is 1.65. The van der Waals surface area contributed by atoms with Crippen molar-refractivity contribution in [1.82, 2.24) is 15.1 Å². The summed E-state index contributed by atoms with van der Waals surface area (Å²) in [5, 5.41) is 5.43. The van der Waals surface area contributed by atoms with Crippen LogP contribution in [0.4, 0.5) is 5.69 Å². The number of nitrogens with zero attached hydrogens (tertiary/aromatic N) is 2. The van der Waals surface area contributed by atoms with Crippen molar-refractivity contribution in [2.45, 2.75) is 13.0 Å². The third-order valence-electron chi connectivity index (χ3n) is 5.74. The molecule has 0 aromatic heterocycles. The van der Waals surface area contributed by atoms with E-state index >= 15 is 0 Å². The van der Waals surface area contributed by atoms with E-state index in [1.165, 1.54) is 19.8 Å². The maximum atomic E-state index is 12.5. The van der Waals surface area contributed by atoms with Gasteiger partial charge in [-0.25, -0.2) is 0 Å². The minimum atomic E-state index is -0.724. The molecule has 1 fully saturated rings. The first-order chi connectivity index (χ1) is 15.4. The summed E-state index contributed by atoms with van der Waals surface area (Å²) in [7, 11) is 5.16. The SMILES string of the molecule is COc1ccc(NC(=O)C(=O)NC[C@@H](c2ccc(C)cc2)N2CCN(C)CC2)cc1OC. The molecule has 0 aliphatic carbocycles. The highest BCUT2D eigenvalue weighted by atomic mass is 16.5. The molecule has 8 nitrogen and oxygen atoms in total. The van der Waals surface area contributed by atoms with Gasteiger partial charge in [-0.3, -0.25) is 14.5 Å². The molecule has 2 aromatic rings. The third-order valence-corrected chi connectivity index (χ3v) is 5.74. The van der Waals surface area contributed by atoms with E-state index in [-0.39, 0.29) is 6.04 Å². The zero-order valence-corrected chi connectivity index (χ0v) is 19.2. The minimum Gasteiger partial charge on any atom is -0.493 e. The van der Waals surface area contributed by atoms with E-state index in [2.05, 4.69) is 58.7 Å². The average molecular weight is 441 g/mol. The molecule has 8 heteroatoms. The van der Waals surface area contributed by atoms with Crippen LogP contribution in [-0.4, -0.2) is 75.6 Å². The number of rotatable bonds is 7. The standard InChI is InChI=1S/C24H32N4O4/c1-17-5-7-18(8-6-17)20(28-13-11-27(2)12-14-28)16-25-23(29)24(30)26-19-9-10-21(31-3)22(15-19)32-4/h5-10,15,20H,11-14,16H2,1-4H3,(H,25,29)(H,26,30)/t20-/m0/s1. The molecule has 1 aliphatic heterocycles. The number of methoxy groups -OCH3 is 2. The van der Waals surface area contributed by atoms with Gasteiger partial charge in [0.2, 0.25) is 0 Å². The summed E-state index contributed by atoms with van der Waals surface area (Å²) < 4.78 is 10.4. The Bertz CT molecular complexity index is 924. The number of anilines is 1. The lowest BCUT2D eigenvalue weighted by atomic mass is 10.0. The van der Waals surface area contributed by atoms with Gasteiger partial charge in [-0.2, -0.15) is 0 Å². The number of carbonyl (C=O) groups is 2. The number of benzene rings is 2. The van der Waals surface area contributed by atoms with Crippen molar-refractivity contribution >= 4 is 17.5 Å². The van der Waals surface area contributed by atoms with E-state index < -0.39 is 11.8 Å². The molecule has 2 N–H and O–H groups in total. The van der Waals surface area contributed by atoms with Crippen LogP contribution in [0.15, 0.2) is 42.5 Å². The van der Waals surface area contributed by atoms with Gasteiger partial charge < -0.3 is 25.0 Å². The van der Waals surface area contributed by atoms with Gasteiger partial charge in [-0.1, -0.05) is 29.8 Å². The lowest BCUT2D eigenvalue weighted by Gasteiger charge is -2.38. The molecule has 0 saturated carbocycles. The first-order valence-electron chi connectivity index (χ1n) is 10.7. The number of likely N-dealkylation sites (N-methyl/N-ethyl adjacent to an activating group) is 1. The topological polar surface area (TPSA) is 83.1 Å². The quantitative estimate of drug-likeness (QED) is 0.642. The zero-order valence-electron chi connectivity index (χ0n) is 19.2. The summed E-state index contributed by atoms with van der Waals surface area (Å²) >= 11 is 0. The Labute approximate surface area is 189 Å². The second kappa shape index (κ2) is 11.0. The first-order valence-corrected chi connectivity index (χ1v) is 10.7. The number of piperazine rings is 1. The van der Waals surface area contributed by atoms with Gasteiger partial charge in [-0.15, -0.1) is 0 Å².